The maximum Gasteiger partial charge on any atom is 0.302 e. The first-order chi connectivity index (χ1) is 10.4. The lowest BCUT2D eigenvalue weighted by Gasteiger charge is -2.18. The number of amides is 1. The lowest BCUT2D eigenvalue weighted by molar-refractivity contribution is -0.117. The van der Waals surface area contributed by atoms with Gasteiger partial charge in [-0.1, -0.05) is 19.3 Å². The number of anilines is 1. The Hall–Kier alpha value is -1.51. The van der Waals surface area contributed by atoms with Gasteiger partial charge in [0.25, 0.3) is 5.95 Å². The van der Waals surface area contributed by atoms with Crippen molar-refractivity contribution in [1.29, 1.82) is 0 Å². The minimum absolute atomic E-state index is 0.0104. The molecule has 22 heavy (non-hydrogen) atoms. The van der Waals surface area contributed by atoms with Gasteiger partial charge in [-0.3, -0.25) is 14.8 Å². The molecule has 7 nitrogen and oxygen atoms in total. The number of rotatable bonds is 4. The highest BCUT2D eigenvalue weighted by Crippen LogP contribution is 2.32. The van der Waals surface area contributed by atoms with Gasteiger partial charge in [-0.15, -0.1) is 8.98 Å². The second-order valence-electron chi connectivity index (χ2n) is 6.14. The lowest BCUT2D eigenvalue weighted by atomic mass is 9.89. The first-order valence-electron chi connectivity index (χ1n) is 7.57. The molecule has 2 fully saturated rings. The summed E-state index contributed by atoms with van der Waals surface area (Å²) in [6.07, 6.45) is 5.70. The Balaban J connectivity index is 1.69. The molecule has 1 aromatic heterocycles. The maximum atomic E-state index is 12.7. The van der Waals surface area contributed by atoms with Crippen molar-refractivity contribution in [3.05, 3.63) is 5.82 Å². The zero-order valence-corrected chi connectivity index (χ0v) is 13.0. The van der Waals surface area contributed by atoms with E-state index in [0.29, 0.717) is 5.92 Å². The number of nitrogens with zero attached hydrogens (tertiary/aromatic N) is 3. The van der Waals surface area contributed by atoms with Crippen molar-refractivity contribution in [2.45, 2.75) is 44.4 Å². The lowest BCUT2D eigenvalue weighted by Crippen LogP contribution is -2.26. The number of carbonyl (C=O) groups excluding carboxylic acids is 1. The molecule has 9 heteroatoms. The van der Waals surface area contributed by atoms with E-state index in [4.69, 9.17) is 0 Å². The number of hydrogen-bond donors (Lipinski definition) is 1. The summed E-state index contributed by atoms with van der Waals surface area (Å²) in [6, 6.07) is 0. The molecule has 1 atom stereocenters. The van der Waals surface area contributed by atoms with Crippen molar-refractivity contribution in [3.8, 4) is 0 Å². The van der Waals surface area contributed by atoms with Gasteiger partial charge in [0, 0.05) is 24.8 Å². The quantitative estimate of drug-likeness (QED) is 0.844. The van der Waals surface area contributed by atoms with E-state index in [0.717, 1.165) is 18.7 Å². The van der Waals surface area contributed by atoms with Gasteiger partial charge in [-0.05, 0) is 12.8 Å². The molecule has 1 N–H and O–H groups in total. The Labute approximate surface area is 128 Å². The van der Waals surface area contributed by atoms with Gasteiger partial charge in [0.15, 0.2) is 0 Å². The molecule has 2 heterocycles. The van der Waals surface area contributed by atoms with Crippen molar-refractivity contribution in [1.82, 2.24) is 15.2 Å². The van der Waals surface area contributed by atoms with Crippen LogP contribution < -0.4 is 4.90 Å². The molecule has 1 aliphatic heterocycles. The van der Waals surface area contributed by atoms with Gasteiger partial charge in [0.1, 0.15) is 5.82 Å². The molecule has 1 saturated carbocycles. The summed E-state index contributed by atoms with van der Waals surface area (Å²) >= 11 is 0. The van der Waals surface area contributed by atoms with Crippen LogP contribution in [0.3, 0.4) is 0 Å². The number of H-pyrrole nitrogens is 1. The monoisotopic (exact) mass is 330 g/mol. The summed E-state index contributed by atoms with van der Waals surface area (Å²) in [5, 5.41) is 6.97. The topological polar surface area (TPSA) is 96.0 Å². The molecule has 1 aromatic rings. The third kappa shape index (κ3) is 3.45. The Morgan fingerprint density at radius 1 is 1.27 bits per heavy atom. The van der Waals surface area contributed by atoms with Gasteiger partial charge in [-0.2, -0.15) is 13.4 Å². The van der Waals surface area contributed by atoms with Crippen LogP contribution >= 0.6 is 0 Å². The van der Waals surface area contributed by atoms with E-state index in [1.807, 2.05) is 0 Å². The Morgan fingerprint density at radius 2 is 2.00 bits per heavy atom. The van der Waals surface area contributed by atoms with Crippen molar-refractivity contribution >= 4 is 22.1 Å². The molecule has 0 aromatic carbocycles. The average molecular weight is 330 g/mol. The van der Waals surface area contributed by atoms with Gasteiger partial charge in [0.05, 0.1) is 5.75 Å². The maximum absolute atomic E-state index is 12.7. The summed E-state index contributed by atoms with van der Waals surface area (Å²) in [6.45, 7) is 0.143. The van der Waals surface area contributed by atoms with E-state index in [1.165, 1.54) is 24.2 Å². The van der Waals surface area contributed by atoms with E-state index in [1.54, 1.807) is 0 Å². The van der Waals surface area contributed by atoms with Crippen molar-refractivity contribution in [2.75, 3.05) is 17.2 Å². The summed E-state index contributed by atoms with van der Waals surface area (Å²) in [5.74, 6) is -0.0418. The van der Waals surface area contributed by atoms with Crippen LogP contribution in [0.15, 0.2) is 0 Å². The highest BCUT2D eigenvalue weighted by molar-refractivity contribution is 7.86. The number of aromatic nitrogens is 3. The fourth-order valence-corrected chi connectivity index (χ4v) is 4.10. The minimum atomic E-state index is -4.58. The number of halogens is 1. The second kappa shape index (κ2) is 5.94. The molecule has 0 bridgehead atoms. The smallest absolute Gasteiger partial charge is 0.279 e. The first-order valence-corrected chi connectivity index (χ1v) is 9.12. The van der Waals surface area contributed by atoms with Crippen molar-refractivity contribution < 1.29 is 17.1 Å². The van der Waals surface area contributed by atoms with E-state index in [-0.39, 0.29) is 24.8 Å². The van der Waals surface area contributed by atoms with Crippen LogP contribution in [0.2, 0.25) is 0 Å². The second-order valence-corrected chi connectivity index (χ2v) is 7.55. The SMILES string of the molecule is O=C1CC(CS(=O)(=O)F)CN1c1n[nH]c(C2CCCCC2)n1. The van der Waals surface area contributed by atoms with E-state index in [2.05, 4.69) is 15.2 Å². The Morgan fingerprint density at radius 3 is 2.68 bits per heavy atom. The van der Waals surface area contributed by atoms with Crippen molar-refractivity contribution in [2.24, 2.45) is 5.92 Å². The van der Waals surface area contributed by atoms with E-state index >= 15 is 0 Å². The molecular formula is C13H19FN4O3S. The summed E-state index contributed by atoms with van der Waals surface area (Å²) in [4.78, 5) is 17.7. The molecule has 1 amide bonds. The minimum Gasteiger partial charge on any atom is -0.279 e. The van der Waals surface area contributed by atoms with Crippen LogP contribution in [0.25, 0.3) is 0 Å². The van der Waals surface area contributed by atoms with Gasteiger partial charge in [0.2, 0.25) is 5.91 Å². The fraction of sp³-hybridized carbons (Fsp3) is 0.769. The molecule has 1 saturated heterocycles. The summed E-state index contributed by atoms with van der Waals surface area (Å²) in [5.41, 5.74) is 0. The number of aromatic amines is 1. The van der Waals surface area contributed by atoms with Crippen LogP contribution in [0.5, 0.6) is 0 Å². The molecule has 122 valence electrons. The van der Waals surface area contributed by atoms with Crippen LogP contribution in [-0.2, 0) is 15.0 Å². The molecule has 3 rings (SSSR count). The molecule has 0 radical (unpaired) electrons. The predicted octanol–water partition coefficient (Wildman–Crippen LogP) is 1.50. The van der Waals surface area contributed by atoms with Gasteiger partial charge < -0.3 is 0 Å². The number of carbonyl (C=O) groups is 1. The number of nitrogens with one attached hydrogen (secondary N) is 1. The molecule has 1 aliphatic carbocycles. The Kier molecular flexibility index (Phi) is 4.16. The van der Waals surface area contributed by atoms with Gasteiger partial charge in [-0.25, -0.2) is 0 Å². The van der Waals surface area contributed by atoms with Crippen LogP contribution in [0.4, 0.5) is 9.83 Å². The van der Waals surface area contributed by atoms with Gasteiger partial charge >= 0.3 is 10.2 Å². The summed E-state index contributed by atoms with van der Waals surface area (Å²) < 4.78 is 34.2. The summed E-state index contributed by atoms with van der Waals surface area (Å²) in [7, 11) is -4.58. The molecule has 0 spiro atoms. The van der Waals surface area contributed by atoms with Crippen LogP contribution in [0.1, 0.15) is 50.3 Å². The standard InChI is InChI=1S/C13H19FN4O3S/c14-22(20,21)8-9-6-11(19)18(7-9)13-15-12(16-17-13)10-4-2-1-3-5-10/h9-10H,1-8H2,(H,15,16,17). The molecule has 1 unspecified atom stereocenters. The van der Waals surface area contributed by atoms with E-state index in [9.17, 15) is 17.1 Å². The average Bonchev–Trinajstić information content (AvgIpc) is 3.05. The van der Waals surface area contributed by atoms with E-state index < -0.39 is 21.9 Å². The zero-order valence-electron chi connectivity index (χ0n) is 12.2. The number of hydrogen-bond acceptors (Lipinski definition) is 5. The normalized spacial score (nSPS) is 24.1. The van der Waals surface area contributed by atoms with Crippen LogP contribution in [0, 0.1) is 5.92 Å². The third-order valence-electron chi connectivity index (χ3n) is 4.36. The highest BCUT2D eigenvalue weighted by Gasteiger charge is 2.35. The zero-order chi connectivity index (χ0) is 15.7. The van der Waals surface area contributed by atoms with Crippen molar-refractivity contribution in [3.63, 3.8) is 0 Å². The molecular weight excluding hydrogens is 311 g/mol. The predicted molar refractivity (Wildman–Crippen MR) is 77.6 cm³/mol. The van der Waals surface area contributed by atoms with Crippen LogP contribution in [-0.4, -0.2) is 41.8 Å². The first kappa shape index (κ1) is 15.4. The molecule has 2 aliphatic rings. The highest BCUT2D eigenvalue weighted by atomic mass is 32.3. The third-order valence-corrected chi connectivity index (χ3v) is 5.23. The largest absolute Gasteiger partial charge is 0.302 e. The Bertz CT molecular complexity index is 654. The fourth-order valence-electron chi connectivity index (χ4n) is 3.31.